The lowest BCUT2D eigenvalue weighted by Crippen LogP contribution is -2.48. The molecule has 1 aromatic carbocycles. The summed E-state index contributed by atoms with van der Waals surface area (Å²) in [5, 5.41) is 0.370. The van der Waals surface area contributed by atoms with Crippen LogP contribution in [0.1, 0.15) is 74.5 Å². The molecule has 0 N–H and O–H groups in total. The van der Waals surface area contributed by atoms with Crippen molar-refractivity contribution in [1.82, 2.24) is 0 Å². The average Bonchev–Trinajstić information content (AvgIpc) is 2.71. The van der Waals surface area contributed by atoms with Crippen LogP contribution in [0.4, 0.5) is 0 Å². The maximum atomic E-state index is 13.4. The molecular formula is C25H32N2OS. The van der Waals surface area contributed by atoms with E-state index in [2.05, 4.69) is 46.2 Å². The standard InChI is InChI=1S/C25H32N2OS/c1-7-15-26-24(29)22(27-16-13-21(14-17-27)25(4,5)6)23(28)20-11-9-19(10-12-20)18(3)8-2/h7,9-14,16-18,22H,1,8,15H2,2-6H3/t18-,22+/m1/s1. The van der Waals surface area contributed by atoms with E-state index in [1.54, 1.807) is 6.08 Å². The summed E-state index contributed by atoms with van der Waals surface area (Å²) in [6.45, 7) is 14.9. The average molecular weight is 409 g/mol. The molecule has 1 aromatic heterocycles. The van der Waals surface area contributed by atoms with Gasteiger partial charge in [0.25, 0.3) is 0 Å². The molecule has 0 saturated heterocycles. The smallest absolute Gasteiger partial charge is 0.237 e. The zero-order valence-corrected chi connectivity index (χ0v) is 19.0. The van der Waals surface area contributed by atoms with Gasteiger partial charge in [0.2, 0.25) is 11.8 Å². The van der Waals surface area contributed by atoms with Gasteiger partial charge in [-0.3, -0.25) is 4.79 Å². The molecule has 2 atom stereocenters. The molecule has 0 saturated carbocycles. The lowest BCUT2D eigenvalue weighted by atomic mass is 9.88. The van der Waals surface area contributed by atoms with E-state index in [1.807, 2.05) is 53.4 Å². The summed E-state index contributed by atoms with van der Waals surface area (Å²) in [5.74, 6) is 0.421. The number of benzene rings is 1. The maximum absolute atomic E-state index is 13.4. The van der Waals surface area contributed by atoms with Crippen molar-refractivity contribution in [2.45, 2.75) is 58.4 Å². The Morgan fingerprint density at radius 3 is 2.24 bits per heavy atom. The van der Waals surface area contributed by atoms with Crippen LogP contribution in [0, 0.1) is 0 Å². The molecule has 0 spiro atoms. The Hall–Kier alpha value is -2.33. The van der Waals surface area contributed by atoms with Gasteiger partial charge in [-0.1, -0.05) is 65.0 Å². The SMILES string of the molecule is C=CCN=C([S-])[C@H](C(=O)c1ccc([C@H](C)CC)cc1)[n+]1ccc(C(C)(C)C)cc1. The third-order valence-corrected chi connectivity index (χ3v) is 5.60. The van der Waals surface area contributed by atoms with Gasteiger partial charge in [-0.15, -0.1) is 6.58 Å². The van der Waals surface area contributed by atoms with Crippen molar-refractivity contribution < 1.29 is 9.36 Å². The summed E-state index contributed by atoms with van der Waals surface area (Å²) in [7, 11) is 0. The van der Waals surface area contributed by atoms with Crippen molar-refractivity contribution in [2.24, 2.45) is 4.99 Å². The Morgan fingerprint density at radius 1 is 1.17 bits per heavy atom. The van der Waals surface area contributed by atoms with Crippen LogP contribution < -0.4 is 4.57 Å². The van der Waals surface area contributed by atoms with E-state index in [0.717, 1.165) is 6.42 Å². The van der Waals surface area contributed by atoms with Crippen molar-refractivity contribution in [2.75, 3.05) is 6.54 Å². The van der Waals surface area contributed by atoms with Crippen molar-refractivity contribution in [3.63, 3.8) is 0 Å². The van der Waals surface area contributed by atoms with Gasteiger partial charge in [0.05, 0.1) is 6.54 Å². The van der Waals surface area contributed by atoms with Gasteiger partial charge < -0.3 is 17.6 Å². The fourth-order valence-corrected chi connectivity index (χ4v) is 3.40. The molecule has 0 fully saturated rings. The van der Waals surface area contributed by atoms with Crippen molar-refractivity contribution in [3.8, 4) is 0 Å². The zero-order chi connectivity index (χ0) is 21.6. The first-order valence-electron chi connectivity index (χ1n) is 10.2. The molecule has 0 aliphatic heterocycles. The topological polar surface area (TPSA) is 33.3 Å². The molecule has 0 amide bonds. The van der Waals surface area contributed by atoms with Gasteiger partial charge in [0.15, 0.2) is 12.4 Å². The normalized spacial score (nSPS) is 14.3. The highest BCUT2D eigenvalue weighted by Gasteiger charge is 2.29. The summed E-state index contributed by atoms with van der Waals surface area (Å²) in [6, 6.07) is 11.3. The van der Waals surface area contributed by atoms with Gasteiger partial charge in [-0.05, 0) is 33.9 Å². The molecule has 0 unspecified atom stereocenters. The fourth-order valence-electron chi connectivity index (χ4n) is 3.10. The van der Waals surface area contributed by atoms with Gasteiger partial charge >= 0.3 is 0 Å². The number of aromatic nitrogens is 1. The van der Waals surface area contributed by atoms with E-state index in [0.29, 0.717) is 23.1 Å². The number of aliphatic imine (C=N–C) groups is 1. The van der Waals surface area contributed by atoms with Gasteiger partial charge in [-0.25, -0.2) is 0 Å². The molecule has 3 nitrogen and oxygen atoms in total. The first kappa shape index (κ1) is 23.0. The molecule has 2 aromatic rings. The molecule has 0 bridgehead atoms. The molecule has 0 aliphatic carbocycles. The zero-order valence-electron chi connectivity index (χ0n) is 18.2. The van der Waals surface area contributed by atoms with E-state index in [9.17, 15) is 4.79 Å². The van der Waals surface area contributed by atoms with Crippen LogP contribution in [0.2, 0.25) is 0 Å². The number of nitrogens with zero attached hydrogens (tertiary/aromatic N) is 2. The van der Waals surface area contributed by atoms with Crippen molar-refractivity contribution in [1.29, 1.82) is 0 Å². The molecule has 4 heteroatoms. The molecule has 154 valence electrons. The quantitative estimate of drug-likeness (QED) is 0.147. The molecule has 0 aliphatic rings. The number of carbonyl (C=O) groups excluding carboxylic acids is 1. The monoisotopic (exact) mass is 408 g/mol. The van der Waals surface area contributed by atoms with E-state index in [1.165, 1.54) is 11.1 Å². The number of carbonyl (C=O) groups is 1. The van der Waals surface area contributed by atoms with Crippen molar-refractivity contribution in [3.05, 3.63) is 78.1 Å². The lowest BCUT2D eigenvalue weighted by molar-refractivity contribution is -0.692. The Labute approximate surface area is 181 Å². The van der Waals surface area contributed by atoms with Crippen LogP contribution in [-0.2, 0) is 18.0 Å². The minimum atomic E-state index is -0.645. The fraction of sp³-hybridized carbons (Fsp3) is 0.400. The molecule has 0 radical (unpaired) electrons. The van der Waals surface area contributed by atoms with Crippen LogP contribution >= 0.6 is 0 Å². The van der Waals surface area contributed by atoms with Gasteiger partial charge in [0.1, 0.15) is 0 Å². The lowest BCUT2D eigenvalue weighted by Gasteiger charge is -2.21. The van der Waals surface area contributed by atoms with Crippen molar-refractivity contribution >= 4 is 23.5 Å². The van der Waals surface area contributed by atoms with Gasteiger partial charge in [0, 0.05) is 17.7 Å². The molecule has 1 heterocycles. The third-order valence-electron chi connectivity index (χ3n) is 5.25. The Morgan fingerprint density at radius 2 is 1.76 bits per heavy atom. The number of Topliss-reactive ketones (excluding diaryl/α,β-unsaturated/α-hetero) is 1. The van der Waals surface area contributed by atoms with Crippen LogP contribution in [0.3, 0.4) is 0 Å². The first-order valence-corrected chi connectivity index (χ1v) is 10.6. The molecule has 2 rings (SSSR count). The Kier molecular flexibility index (Phi) is 7.86. The third kappa shape index (κ3) is 5.83. The molecular weight excluding hydrogens is 376 g/mol. The number of pyridine rings is 1. The highest BCUT2D eigenvalue weighted by atomic mass is 32.1. The predicted molar refractivity (Wildman–Crippen MR) is 124 cm³/mol. The molecule has 29 heavy (non-hydrogen) atoms. The summed E-state index contributed by atoms with van der Waals surface area (Å²) in [4.78, 5) is 17.8. The maximum Gasteiger partial charge on any atom is 0.237 e. The van der Waals surface area contributed by atoms with E-state index in [-0.39, 0.29) is 11.2 Å². The first-order chi connectivity index (χ1) is 13.7. The minimum Gasteiger partial charge on any atom is -0.758 e. The highest BCUT2D eigenvalue weighted by Crippen LogP contribution is 2.22. The van der Waals surface area contributed by atoms with E-state index < -0.39 is 6.04 Å². The largest absolute Gasteiger partial charge is 0.758 e. The second-order valence-electron chi connectivity index (χ2n) is 8.45. The summed E-state index contributed by atoms with van der Waals surface area (Å²) in [6.07, 6.45) is 6.59. The summed E-state index contributed by atoms with van der Waals surface area (Å²) < 4.78 is 1.86. The highest BCUT2D eigenvalue weighted by molar-refractivity contribution is 7.77. The minimum absolute atomic E-state index is 0.0398. The van der Waals surface area contributed by atoms with Crippen LogP contribution in [0.25, 0.3) is 0 Å². The Balaban J connectivity index is 2.42. The summed E-state index contributed by atoms with van der Waals surface area (Å²) in [5.41, 5.74) is 3.12. The van der Waals surface area contributed by atoms with Crippen LogP contribution in [0.15, 0.2) is 66.4 Å². The summed E-state index contributed by atoms with van der Waals surface area (Å²) >= 11 is 5.54. The second-order valence-corrected chi connectivity index (χ2v) is 8.87. The second kappa shape index (κ2) is 9.93. The van der Waals surface area contributed by atoms with E-state index in [4.69, 9.17) is 12.6 Å². The number of rotatable bonds is 8. The number of ketones is 1. The number of hydrogen-bond acceptors (Lipinski definition) is 3. The Bertz CT molecular complexity index is 861. The van der Waals surface area contributed by atoms with Crippen LogP contribution in [0.5, 0.6) is 0 Å². The predicted octanol–water partition coefficient (Wildman–Crippen LogP) is 5.34. The van der Waals surface area contributed by atoms with Crippen LogP contribution in [-0.4, -0.2) is 17.4 Å². The number of hydrogen-bond donors (Lipinski definition) is 0. The van der Waals surface area contributed by atoms with Gasteiger partial charge in [-0.2, -0.15) is 4.57 Å². The van der Waals surface area contributed by atoms with E-state index >= 15 is 0 Å².